The van der Waals surface area contributed by atoms with Crippen LogP contribution >= 0.6 is 0 Å². The number of aromatic amines is 1. The van der Waals surface area contributed by atoms with Gasteiger partial charge in [-0.15, -0.1) is 0 Å². The van der Waals surface area contributed by atoms with E-state index in [9.17, 15) is 14.4 Å². The van der Waals surface area contributed by atoms with Crippen LogP contribution in [0.5, 0.6) is 11.5 Å². The molecule has 5 rings (SSSR count). The van der Waals surface area contributed by atoms with Gasteiger partial charge in [0.05, 0.1) is 10.9 Å². The predicted octanol–water partition coefficient (Wildman–Crippen LogP) is 1.32. The van der Waals surface area contributed by atoms with E-state index in [1.54, 1.807) is 36.1 Å². The van der Waals surface area contributed by atoms with Crippen molar-refractivity contribution in [1.29, 1.82) is 0 Å². The second-order valence-electron chi connectivity index (χ2n) is 8.12. The standard InChI is InChI=1S/C23H24N4O5/c1-15(27-22(29)17-4-2-3-5-18(17)24-23(27)30)21(28)26-10-8-25(9-11-26)13-16-6-7-19-20(12-16)32-14-31-19/h2-7,12,15H,8-11,13-14H2,1H3,(H,24,30). The highest BCUT2D eigenvalue weighted by atomic mass is 16.7. The Morgan fingerprint density at radius 1 is 1.03 bits per heavy atom. The molecule has 0 saturated carbocycles. The minimum atomic E-state index is -0.878. The lowest BCUT2D eigenvalue weighted by atomic mass is 10.1. The van der Waals surface area contributed by atoms with Crippen molar-refractivity contribution < 1.29 is 14.3 Å². The lowest BCUT2D eigenvalue weighted by Crippen LogP contribution is -2.52. The highest BCUT2D eigenvalue weighted by Crippen LogP contribution is 2.32. The molecular formula is C23H24N4O5. The number of fused-ring (bicyclic) bond motifs is 2. The molecule has 1 fully saturated rings. The van der Waals surface area contributed by atoms with Crippen molar-refractivity contribution in [2.45, 2.75) is 19.5 Å². The first kappa shape index (κ1) is 20.3. The van der Waals surface area contributed by atoms with Crippen molar-refractivity contribution in [3.63, 3.8) is 0 Å². The van der Waals surface area contributed by atoms with Gasteiger partial charge in [0.1, 0.15) is 6.04 Å². The minimum Gasteiger partial charge on any atom is -0.454 e. The first-order valence-electron chi connectivity index (χ1n) is 10.6. The Kier molecular flexibility index (Phi) is 5.18. The number of nitrogens with zero attached hydrogens (tertiary/aromatic N) is 3. The molecule has 1 atom stereocenters. The maximum absolute atomic E-state index is 13.1. The van der Waals surface area contributed by atoms with Crippen molar-refractivity contribution in [2.75, 3.05) is 33.0 Å². The van der Waals surface area contributed by atoms with E-state index < -0.39 is 17.3 Å². The third kappa shape index (κ3) is 3.64. The van der Waals surface area contributed by atoms with E-state index in [1.807, 2.05) is 18.2 Å². The molecule has 2 aliphatic heterocycles. The van der Waals surface area contributed by atoms with E-state index in [0.29, 0.717) is 37.1 Å². The van der Waals surface area contributed by atoms with E-state index in [-0.39, 0.29) is 12.7 Å². The van der Waals surface area contributed by atoms with Crippen LogP contribution in [0.15, 0.2) is 52.1 Å². The molecule has 32 heavy (non-hydrogen) atoms. The number of benzene rings is 2. The van der Waals surface area contributed by atoms with Gasteiger partial charge in [-0.05, 0) is 36.8 Å². The normalized spacial score (nSPS) is 17.0. The number of amides is 1. The van der Waals surface area contributed by atoms with Crippen LogP contribution in [-0.2, 0) is 11.3 Å². The Hall–Kier alpha value is -3.59. The van der Waals surface area contributed by atoms with Crippen molar-refractivity contribution in [3.05, 3.63) is 68.9 Å². The summed E-state index contributed by atoms with van der Waals surface area (Å²) in [6.07, 6.45) is 0. The molecule has 0 aliphatic carbocycles. The van der Waals surface area contributed by atoms with Gasteiger partial charge in [0.15, 0.2) is 11.5 Å². The number of aromatic nitrogens is 2. The van der Waals surface area contributed by atoms with Crippen LogP contribution in [0.1, 0.15) is 18.5 Å². The average Bonchev–Trinajstić information content (AvgIpc) is 3.27. The zero-order chi connectivity index (χ0) is 22.2. The maximum Gasteiger partial charge on any atom is 0.329 e. The molecule has 1 saturated heterocycles. The molecule has 3 aromatic rings. The average molecular weight is 436 g/mol. The fourth-order valence-corrected chi connectivity index (χ4v) is 4.33. The summed E-state index contributed by atoms with van der Waals surface area (Å²) in [6.45, 7) is 5.08. The second-order valence-corrected chi connectivity index (χ2v) is 8.12. The monoisotopic (exact) mass is 436 g/mol. The van der Waals surface area contributed by atoms with E-state index in [2.05, 4.69) is 9.88 Å². The third-order valence-corrected chi connectivity index (χ3v) is 6.11. The summed E-state index contributed by atoms with van der Waals surface area (Å²) < 4.78 is 11.8. The first-order chi connectivity index (χ1) is 15.5. The zero-order valence-corrected chi connectivity index (χ0v) is 17.7. The molecule has 0 bridgehead atoms. The molecule has 3 heterocycles. The molecule has 2 aromatic carbocycles. The van der Waals surface area contributed by atoms with Gasteiger partial charge in [0.2, 0.25) is 12.7 Å². The number of hydrogen-bond donors (Lipinski definition) is 1. The van der Waals surface area contributed by atoms with Gasteiger partial charge in [0.25, 0.3) is 5.56 Å². The summed E-state index contributed by atoms with van der Waals surface area (Å²) in [5.74, 6) is 1.30. The Morgan fingerprint density at radius 3 is 2.59 bits per heavy atom. The summed E-state index contributed by atoms with van der Waals surface area (Å²) in [5, 5.41) is 0.389. The van der Waals surface area contributed by atoms with E-state index in [1.165, 1.54) is 0 Å². The van der Waals surface area contributed by atoms with Crippen LogP contribution in [0.3, 0.4) is 0 Å². The number of para-hydroxylation sites is 1. The number of piperazine rings is 1. The predicted molar refractivity (Wildman–Crippen MR) is 118 cm³/mol. The SMILES string of the molecule is CC(C(=O)N1CCN(Cc2ccc3c(c2)OCO3)CC1)n1c(=O)[nH]c2ccccc2c1=O. The maximum atomic E-state index is 13.1. The Morgan fingerprint density at radius 2 is 1.78 bits per heavy atom. The number of rotatable bonds is 4. The molecule has 1 amide bonds. The van der Waals surface area contributed by atoms with Crippen molar-refractivity contribution in [3.8, 4) is 11.5 Å². The van der Waals surface area contributed by atoms with Crippen LogP contribution in [-0.4, -0.2) is 58.2 Å². The van der Waals surface area contributed by atoms with Gasteiger partial charge in [-0.1, -0.05) is 18.2 Å². The lowest BCUT2D eigenvalue weighted by Gasteiger charge is -2.36. The third-order valence-electron chi connectivity index (χ3n) is 6.11. The largest absolute Gasteiger partial charge is 0.454 e. The summed E-state index contributed by atoms with van der Waals surface area (Å²) in [7, 11) is 0. The molecule has 0 radical (unpaired) electrons. The molecule has 1 unspecified atom stereocenters. The summed E-state index contributed by atoms with van der Waals surface area (Å²) in [6, 6.07) is 11.9. The highest BCUT2D eigenvalue weighted by molar-refractivity contribution is 5.81. The van der Waals surface area contributed by atoms with Crippen LogP contribution in [0.4, 0.5) is 0 Å². The number of nitrogens with one attached hydrogen (secondary N) is 1. The van der Waals surface area contributed by atoms with E-state index in [0.717, 1.165) is 28.2 Å². The fraction of sp³-hybridized carbons (Fsp3) is 0.348. The van der Waals surface area contributed by atoms with Gasteiger partial charge >= 0.3 is 5.69 Å². The lowest BCUT2D eigenvalue weighted by molar-refractivity contribution is -0.136. The first-order valence-corrected chi connectivity index (χ1v) is 10.6. The molecule has 166 valence electrons. The van der Waals surface area contributed by atoms with E-state index >= 15 is 0 Å². The van der Waals surface area contributed by atoms with Gasteiger partial charge in [-0.3, -0.25) is 14.5 Å². The van der Waals surface area contributed by atoms with Crippen molar-refractivity contribution in [1.82, 2.24) is 19.4 Å². The van der Waals surface area contributed by atoms with Gasteiger partial charge in [-0.25, -0.2) is 9.36 Å². The summed E-state index contributed by atoms with van der Waals surface area (Å²) in [4.78, 5) is 45.2. The second kappa shape index (κ2) is 8.16. The zero-order valence-electron chi connectivity index (χ0n) is 17.7. The molecule has 9 nitrogen and oxygen atoms in total. The topological polar surface area (TPSA) is 96.9 Å². The Balaban J connectivity index is 1.26. The van der Waals surface area contributed by atoms with Crippen molar-refractivity contribution >= 4 is 16.8 Å². The van der Waals surface area contributed by atoms with E-state index in [4.69, 9.17) is 9.47 Å². The van der Waals surface area contributed by atoms with Crippen LogP contribution in [0.2, 0.25) is 0 Å². The Labute approximate surface area is 183 Å². The van der Waals surface area contributed by atoms with Crippen LogP contribution in [0, 0.1) is 0 Å². The summed E-state index contributed by atoms with van der Waals surface area (Å²) in [5.41, 5.74) is 0.565. The number of carbonyl (C=O) groups excluding carboxylic acids is 1. The highest BCUT2D eigenvalue weighted by Gasteiger charge is 2.28. The smallest absolute Gasteiger partial charge is 0.329 e. The van der Waals surface area contributed by atoms with Gasteiger partial charge in [0, 0.05) is 32.7 Å². The summed E-state index contributed by atoms with van der Waals surface area (Å²) >= 11 is 0. The number of ether oxygens (including phenoxy) is 2. The molecular weight excluding hydrogens is 412 g/mol. The van der Waals surface area contributed by atoms with Crippen LogP contribution < -0.4 is 20.7 Å². The molecule has 0 spiro atoms. The number of hydrogen-bond acceptors (Lipinski definition) is 6. The molecule has 1 N–H and O–H groups in total. The van der Waals surface area contributed by atoms with Gasteiger partial charge < -0.3 is 19.4 Å². The molecule has 2 aliphatic rings. The molecule has 1 aromatic heterocycles. The molecule has 9 heteroatoms. The van der Waals surface area contributed by atoms with Crippen molar-refractivity contribution in [2.24, 2.45) is 0 Å². The number of H-pyrrole nitrogens is 1. The number of carbonyl (C=O) groups is 1. The minimum absolute atomic E-state index is 0.226. The fourth-order valence-electron chi connectivity index (χ4n) is 4.33. The quantitative estimate of drug-likeness (QED) is 0.663. The van der Waals surface area contributed by atoms with Gasteiger partial charge in [-0.2, -0.15) is 0 Å². The Bertz CT molecular complexity index is 1290. The van der Waals surface area contributed by atoms with Crippen LogP contribution in [0.25, 0.3) is 10.9 Å².